The van der Waals surface area contributed by atoms with E-state index in [-0.39, 0.29) is 10.0 Å². The summed E-state index contributed by atoms with van der Waals surface area (Å²) in [4.78, 5) is 0. The Labute approximate surface area is 141 Å². The van der Waals surface area contributed by atoms with E-state index in [1.807, 2.05) is 0 Å². The van der Waals surface area contributed by atoms with Crippen molar-refractivity contribution in [2.24, 2.45) is 0 Å². The number of hydrogen-bond acceptors (Lipinski definition) is 0. The summed E-state index contributed by atoms with van der Waals surface area (Å²) in [5, 5.41) is 1.89. The van der Waals surface area contributed by atoms with Gasteiger partial charge in [-0.15, -0.1) is 0 Å². The second kappa shape index (κ2) is 6.30. The summed E-state index contributed by atoms with van der Waals surface area (Å²) in [6.07, 6.45) is 3.03. The Hall–Kier alpha value is 0.180. The highest BCUT2D eigenvalue weighted by molar-refractivity contribution is 6.49. The van der Waals surface area contributed by atoms with Crippen LogP contribution in [0.25, 0.3) is 0 Å². The Bertz CT molecular complexity index is 580. The van der Waals surface area contributed by atoms with Crippen molar-refractivity contribution in [1.82, 2.24) is 0 Å². The second-order valence-corrected chi connectivity index (χ2v) is 5.90. The van der Waals surface area contributed by atoms with Gasteiger partial charge < -0.3 is 0 Å². The Morgan fingerprint density at radius 1 is 0.526 bits per heavy atom. The van der Waals surface area contributed by atoms with E-state index in [0.29, 0.717) is 31.2 Å². The van der Waals surface area contributed by atoms with Crippen LogP contribution in [0.1, 0.15) is 11.1 Å². The number of hydrogen-bond donors (Lipinski definition) is 0. The van der Waals surface area contributed by atoms with Crippen LogP contribution in [0.2, 0.25) is 30.1 Å². The third-order valence-corrected chi connectivity index (χ3v) is 4.93. The molecule has 0 unspecified atom stereocenters. The van der Waals surface area contributed by atoms with Gasteiger partial charge in [0.05, 0.1) is 36.6 Å². The van der Waals surface area contributed by atoms with Crippen molar-refractivity contribution in [3.05, 3.63) is 71.9 Å². The zero-order valence-corrected chi connectivity index (χ0v) is 13.6. The molecule has 0 spiro atoms. The second-order valence-electron chi connectivity index (χ2n) is 3.57. The smallest absolute Gasteiger partial charge is 0.0781 e. The van der Waals surface area contributed by atoms with E-state index in [0.717, 1.165) is 0 Å². The molecule has 2 rings (SSSR count). The van der Waals surface area contributed by atoms with Crippen LogP contribution in [-0.2, 0) is 0 Å². The first-order valence-corrected chi connectivity index (χ1v) is 7.22. The van der Waals surface area contributed by atoms with Crippen LogP contribution >= 0.6 is 69.6 Å². The SMILES string of the molecule is Clc1ccc([C]c2ccc(Cl)c(Cl)c2Cl)c(Cl)c1Cl. The van der Waals surface area contributed by atoms with Gasteiger partial charge in [-0.2, -0.15) is 0 Å². The highest BCUT2D eigenvalue weighted by Gasteiger charge is 2.14. The monoisotopic (exact) mass is 370 g/mol. The van der Waals surface area contributed by atoms with Crippen molar-refractivity contribution >= 4 is 69.6 Å². The molecule has 2 radical (unpaired) electrons. The lowest BCUT2D eigenvalue weighted by Gasteiger charge is -2.09. The molecule has 0 saturated heterocycles. The predicted molar refractivity (Wildman–Crippen MR) is 84.4 cm³/mol. The van der Waals surface area contributed by atoms with Crippen molar-refractivity contribution in [2.45, 2.75) is 0 Å². The Kier molecular flexibility index (Phi) is 5.16. The lowest BCUT2D eigenvalue weighted by molar-refractivity contribution is 1.43. The molecule has 0 atom stereocenters. The third-order valence-electron chi connectivity index (χ3n) is 2.34. The first kappa shape index (κ1) is 15.6. The Morgan fingerprint density at radius 2 is 0.895 bits per heavy atom. The van der Waals surface area contributed by atoms with Crippen molar-refractivity contribution in [2.75, 3.05) is 0 Å². The fourth-order valence-corrected chi connectivity index (χ4v) is 2.56. The van der Waals surface area contributed by atoms with Gasteiger partial charge in [0.15, 0.2) is 0 Å². The zero-order valence-electron chi connectivity index (χ0n) is 9.08. The first-order chi connectivity index (χ1) is 8.91. The fraction of sp³-hybridized carbons (Fsp3) is 0. The number of rotatable bonds is 2. The van der Waals surface area contributed by atoms with Crippen LogP contribution in [-0.4, -0.2) is 0 Å². The van der Waals surface area contributed by atoms with Gasteiger partial charge in [0.25, 0.3) is 0 Å². The van der Waals surface area contributed by atoms with Gasteiger partial charge in [0.2, 0.25) is 0 Å². The summed E-state index contributed by atoms with van der Waals surface area (Å²) in [6, 6.07) is 6.64. The minimum absolute atomic E-state index is 0.268. The molecule has 0 bridgehead atoms. The molecule has 0 nitrogen and oxygen atoms in total. The molecular formula is C13H4Cl6. The Balaban J connectivity index is 2.43. The van der Waals surface area contributed by atoms with Crippen LogP contribution in [0, 0.1) is 6.42 Å². The molecule has 0 aromatic heterocycles. The van der Waals surface area contributed by atoms with Crippen LogP contribution in [0.15, 0.2) is 24.3 Å². The maximum absolute atomic E-state index is 6.09. The highest BCUT2D eigenvalue weighted by Crippen LogP contribution is 2.38. The number of benzene rings is 2. The van der Waals surface area contributed by atoms with E-state index < -0.39 is 0 Å². The van der Waals surface area contributed by atoms with Gasteiger partial charge in [-0.1, -0.05) is 81.7 Å². The van der Waals surface area contributed by atoms with Gasteiger partial charge in [-0.3, -0.25) is 0 Å². The predicted octanol–water partition coefficient (Wildman–Crippen LogP) is 7.08. The largest absolute Gasteiger partial charge is 0.0827 e. The van der Waals surface area contributed by atoms with Gasteiger partial charge in [-0.25, -0.2) is 0 Å². The van der Waals surface area contributed by atoms with Crippen LogP contribution in [0.5, 0.6) is 0 Å². The summed E-state index contributed by atoms with van der Waals surface area (Å²) in [6.45, 7) is 0. The first-order valence-electron chi connectivity index (χ1n) is 4.96. The lowest BCUT2D eigenvalue weighted by atomic mass is 10.0. The molecule has 6 heteroatoms. The van der Waals surface area contributed by atoms with Gasteiger partial charge in [0.1, 0.15) is 0 Å². The molecule has 0 heterocycles. The molecule has 0 aliphatic rings. The topological polar surface area (TPSA) is 0 Å². The molecule has 2 aromatic carbocycles. The van der Waals surface area contributed by atoms with E-state index >= 15 is 0 Å². The minimum Gasteiger partial charge on any atom is -0.0827 e. The maximum Gasteiger partial charge on any atom is 0.0781 e. The highest BCUT2D eigenvalue weighted by atomic mass is 35.5. The average Bonchev–Trinajstić information content (AvgIpc) is 2.39. The molecule has 0 aliphatic heterocycles. The van der Waals surface area contributed by atoms with Crippen molar-refractivity contribution < 1.29 is 0 Å². The summed E-state index contributed by atoms with van der Waals surface area (Å²) in [5.74, 6) is 0. The van der Waals surface area contributed by atoms with Crippen molar-refractivity contribution in [3.63, 3.8) is 0 Å². The molecule has 0 amide bonds. The van der Waals surface area contributed by atoms with E-state index in [1.165, 1.54) is 0 Å². The van der Waals surface area contributed by atoms with Crippen LogP contribution in [0.4, 0.5) is 0 Å². The summed E-state index contributed by atoms with van der Waals surface area (Å²) in [5.41, 5.74) is 1.13. The third kappa shape index (κ3) is 3.26. The molecule has 2 aromatic rings. The summed E-state index contributed by atoms with van der Waals surface area (Å²) < 4.78 is 0. The van der Waals surface area contributed by atoms with Crippen molar-refractivity contribution in [3.8, 4) is 0 Å². The molecule has 0 saturated carbocycles. The molecule has 0 aliphatic carbocycles. The van der Waals surface area contributed by atoms with Gasteiger partial charge >= 0.3 is 0 Å². The van der Waals surface area contributed by atoms with Crippen LogP contribution < -0.4 is 0 Å². The molecular weight excluding hydrogens is 369 g/mol. The summed E-state index contributed by atoms with van der Waals surface area (Å²) in [7, 11) is 0. The lowest BCUT2D eigenvalue weighted by Crippen LogP contribution is -1.90. The van der Waals surface area contributed by atoms with Crippen molar-refractivity contribution in [1.29, 1.82) is 0 Å². The molecule has 19 heavy (non-hydrogen) atoms. The average molecular weight is 373 g/mol. The van der Waals surface area contributed by atoms with E-state index in [9.17, 15) is 0 Å². The summed E-state index contributed by atoms with van der Waals surface area (Å²) >= 11 is 35.8. The molecule has 0 N–H and O–H groups in total. The van der Waals surface area contributed by atoms with Gasteiger partial charge in [0, 0.05) is 0 Å². The minimum atomic E-state index is 0.268. The van der Waals surface area contributed by atoms with Gasteiger partial charge in [-0.05, 0) is 23.3 Å². The standard InChI is InChI=1S/C13H4Cl6/c14-8-3-1-6(10(16)12(8)18)5-7-2-4-9(15)13(19)11(7)17/h1-4H. The Morgan fingerprint density at radius 3 is 1.26 bits per heavy atom. The van der Waals surface area contributed by atoms with E-state index in [2.05, 4.69) is 6.42 Å². The van der Waals surface area contributed by atoms with Crippen LogP contribution in [0.3, 0.4) is 0 Å². The van der Waals surface area contributed by atoms with E-state index in [4.69, 9.17) is 69.6 Å². The number of halogens is 6. The normalized spacial score (nSPS) is 10.8. The van der Waals surface area contributed by atoms with E-state index in [1.54, 1.807) is 24.3 Å². The molecule has 98 valence electrons. The fourth-order valence-electron chi connectivity index (χ4n) is 1.39. The molecule has 0 fully saturated rings. The maximum atomic E-state index is 6.09. The quantitative estimate of drug-likeness (QED) is 0.494. The zero-order chi connectivity index (χ0) is 14.2.